The number of methoxy groups -OCH3 is 3. The Bertz CT molecular complexity index is 797. The van der Waals surface area contributed by atoms with Gasteiger partial charge in [0.1, 0.15) is 23.3 Å². The minimum atomic E-state index is -0.337. The van der Waals surface area contributed by atoms with Crippen molar-refractivity contribution >= 4 is 5.91 Å². The Hall–Kier alpha value is -2.77. The van der Waals surface area contributed by atoms with Crippen molar-refractivity contribution in [2.75, 3.05) is 21.3 Å². The van der Waals surface area contributed by atoms with Crippen LogP contribution >= 0.6 is 0 Å². The lowest BCUT2D eigenvalue weighted by molar-refractivity contribution is -0.123. The summed E-state index contributed by atoms with van der Waals surface area (Å²) in [6.07, 6.45) is 0.612. The van der Waals surface area contributed by atoms with Crippen LogP contribution in [0.15, 0.2) is 42.5 Å². The highest BCUT2D eigenvalue weighted by molar-refractivity contribution is 5.82. The van der Waals surface area contributed by atoms with Gasteiger partial charge in [0.15, 0.2) is 0 Å². The first-order chi connectivity index (χ1) is 13.2. The van der Waals surface area contributed by atoms with E-state index in [1.165, 1.54) is 0 Å². The topological polar surface area (TPSA) is 80.9 Å². The Labute approximate surface area is 159 Å². The van der Waals surface area contributed by atoms with E-state index in [-0.39, 0.29) is 18.0 Å². The molecule has 1 heterocycles. The second-order valence-corrected chi connectivity index (χ2v) is 6.27. The standard InChI is InChI=1S/C20H25N3O4/c1-25-14-8-9-15(19(10-14)27-3)16-11-17(23-22-16)20(24)21-12-13-6-4-5-7-18(13)26-2/h4-10,16-17,22-23H,11-12H2,1-3H3,(H,21,24). The lowest BCUT2D eigenvalue weighted by Gasteiger charge is -2.15. The lowest BCUT2D eigenvalue weighted by atomic mass is 10.0. The van der Waals surface area contributed by atoms with Crippen LogP contribution in [0, 0.1) is 0 Å². The summed E-state index contributed by atoms with van der Waals surface area (Å²) < 4.78 is 16.0. The number of nitrogens with one attached hydrogen (secondary N) is 3. The number of carbonyl (C=O) groups is 1. The molecule has 2 unspecified atom stereocenters. The minimum Gasteiger partial charge on any atom is -0.497 e. The molecule has 0 aromatic heterocycles. The van der Waals surface area contributed by atoms with Gasteiger partial charge in [-0.25, -0.2) is 10.9 Å². The van der Waals surface area contributed by atoms with E-state index in [9.17, 15) is 4.79 Å². The molecule has 2 aromatic rings. The third-order valence-corrected chi connectivity index (χ3v) is 4.68. The summed E-state index contributed by atoms with van der Waals surface area (Å²) in [7, 11) is 4.86. The molecule has 0 radical (unpaired) electrons. The van der Waals surface area contributed by atoms with E-state index in [0.717, 1.165) is 28.4 Å². The third kappa shape index (κ3) is 4.32. The molecule has 3 rings (SSSR count). The molecule has 7 heteroatoms. The van der Waals surface area contributed by atoms with Crippen LogP contribution in [0.4, 0.5) is 0 Å². The molecule has 0 aliphatic carbocycles. The summed E-state index contributed by atoms with van der Waals surface area (Å²) in [4.78, 5) is 12.5. The maximum atomic E-state index is 12.5. The quantitative estimate of drug-likeness (QED) is 0.690. The fourth-order valence-corrected chi connectivity index (χ4v) is 3.19. The zero-order valence-electron chi connectivity index (χ0n) is 15.7. The Balaban J connectivity index is 1.61. The van der Waals surface area contributed by atoms with Gasteiger partial charge in [-0.1, -0.05) is 24.3 Å². The monoisotopic (exact) mass is 371 g/mol. The number of para-hydroxylation sites is 1. The molecule has 7 nitrogen and oxygen atoms in total. The number of hydrogen-bond acceptors (Lipinski definition) is 6. The number of ether oxygens (including phenoxy) is 3. The third-order valence-electron chi connectivity index (χ3n) is 4.68. The first-order valence-corrected chi connectivity index (χ1v) is 8.78. The second-order valence-electron chi connectivity index (χ2n) is 6.27. The Morgan fingerprint density at radius 2 is 1.81 bits per heavy atom. The number of benzene rings is 2. The van der Waals surface area contributed by atoms with E-state index in [1.807, 2.05) is 42.5 Å². The summed E-state index contributed by atoms with van der Waals surface area (Å²) >= 11 is 0. The largest absolute Gasteiger partial charge is 0.497 e. The van der Waals surface area contributed by atoms with Gasteiger partial charge in [0.25, 0.3) is 0 Å². The van der Waals surface area contributed by atoms with Crippen molar-refractivity contribution in [2.24, 2.45) is 0 Å². The number of carbonyl (C=O) groups excluding carboxylic acids is 1. The highest BCUT2D eigenvalue weighted by Gasteiger charge is 2.31. The van der Waals surface area contributed by atoms with Crippen LogP contribution in [0.25, 0.3) is 0 Å². The van der Waals surface area contributed by atoms with Crippen molar-refractivity contribution in [1.82, 2.24) is 16.2 Å². The number of hydrogen-bond donors (Lipinski definition) is 3. The second kappa shape index (κ2) is 8.75. The fraction of sp³-hybridized carbons (Fsp3) is 0.350. The van der Waals surface area contributed by atoms with E-state index >= 15 is 0 Å². The first kappa shape index (κ1) is 19.0. The summed E-state index contributed by atoms with van der Waals surface area (Å²) in [6.45, 7) is 0.414. The Morgan fingerprint density at radius 3 is 2.56 bits per heavy atom. The summed E-state index contributed by atoms with van der Waals surface area (Å²) in [5.74, 6) is 2.15. The van der Waals surface area contributed by atoms with Crippen LogP contribution in [-0.2, 0) is 11.3 Å². The molecule has 0 bridgehead atoms. The molecular weight excluding hydrogens is 346 g/mol. The van der Waals surface area contributed by atoms with Gasteiger partial charge < -0.3 is 19.5 Å². The van der Waals surface area contributed by atoms with Gasteiger partial charge in [-0.3, -0.25) is 4.79 Å². The predicted molar refractivity (Wildman–Crippen MR) is 102 cm³/mol. The van der Waals surface area contributed by atoms with E-state index in [0.29, 0.717) is 13.0 Å². The van der Waals surface area contributed by atoms with E-state index < -0.39 is 0 Å². The fourth-order valence-electron chi connectivity index (χ4n) is 3.19. The number of rotatable bonds is 7. The predicted octanol–water partition coefficient (Wildman–Crippen LogP) is 1.94. The molecule has 1 aliphatic rings. The summed E-state index contributed by atoms with van der Waals surface area (Å²) in [5, 5.41) is 2.96. The normalized spacial score (nSPS) is 18.8. The molecule has 3 N–H and O–H groups in total. The van der Waals surface area contributed by atoms with Gasteiger partial charge in [0, 0.05) is 23.7 Å². The van der Waals surface area contributed by atoms with Crippen molar-refractivity contribution in [2.45, 2.75) is 25.0 Å². The van der Waals surface area contributed by atoms with Gasteiger partial charge >= 0.3 is 0 Å². The zero-order valence-corrected chi connectivity index (χ0v) is 15.7. The Kier molecular flexibility index (Phi) is 6.16. The molecule has 1 fully saturated rings. The summed E-state index contributed by atoms with van der Waals surface area (Å²) in [6, 6.07) is 12.9. The van der Waals surface area contributed by atoms with Crippen molar-refractivity contribution < 1.29 is 19.0 Å². The first-order valence-electron chi connectivity index (χ1n) is 8.78. The van der Waals surface area contributed by atoms with Crippen LogP contribution in [0.1, 0.15) is 23.6 Å². The van der Waals surface area contributed by atoms with Crippen LogP contribution in [0.3, 0.4) is 0 Å². The molecule has 27 heavy (non-hydrogen) atoms. The van der Waals surface area contributed by atoms with Gasteiger partial charge in [-0.05, 0) is 18.6 Å². The van der Waals surface area contributed by atoms with Crippen LogP contribution < -0.4 is 30.4 Å². The minimum absolute atomic E-state index is 0.0344. The lowest BCUT2D eigenvalue weighted by Crippen LogP contribution is -2.42. The van der Waals surface area contributed by atoms with Crippen LogP contribution in [-0.4, -0.2) is 33.3 Å². The summed E-state index contributed by atoms with van der Waals surface area (Å²) in [5.41, 5.74) is 8.17. The van der Waals surface area contributed by atoms with E-state index in [4.69, 9.17) is 14.2 Å². The molecule has 1 saturated heterocycles. The average molecular weight is 371 g/mol. The number of amides is 1. The highest BCUT2D eigenvalue weighted by atomic mass is 16.5. The van der Waals surface area contributed by atoms with Gasteiger partial charge in [-0.15, -0.1) is 0 Å². The van der Waals surface area contributed by atoms with Gasteiger partial charge in [0.05, 0.1) is 27.4 Å². The van der Waals surface area contributed by atoms with Crippen molar-refractivity contribution in [3.63, 3.8) is 0 Å². The molecule has 1 amide bonds. The van der Waals surface area contributed by atoms with E-state index in [1.54, 1.807) is 21.3 Å². The van der Waals surface area contributed by atoms with Crippen LogP contribution in [0.2, 0.25) is 0 Å². The Morgan fingerprint density at radius 1 is 1.04 bits per heavy atom. The van der Waals surface area contributed by atoms with Crippen molar-refractivity contribution in [1.29, 1.82) is 0 Å². The molecule has 144 valence electrons. The van der Waals surface area contributed by atoms with Crippen molar-refractivity contribution in [3.05, 3.63) is 53.6 Å². The number of hydrazine groups is 1. The average Bonchev–Trinajstić information content (AvgIpc) is 3.21. The SMILES string of the molecule is COc1ccc(C2CC(C(=O)NCc3ccccc3OC)NN2)c(OC)c1. The zero-order chi connectivity index (χ0) is 19.2. The molecule has 1 aliphatic heterocycles. The van der Waals surface area contributed by atoms with Gasteiger partial charge in [0.2, 0.25) is 5.91 Å². The molecule has 0 spiro atoms. The molecular formula is C20H25N3O4. The molecule has 2 aromatic carbocycles. The maximum absolute atomic E-state index is 12.5. The van der Waals surface area contributed by atoms with Gasteiger partial charge in [-0.2, -0.15) is 0 Å². The highest BCUT2D eigenvalue weighted by Crippen LogP contribution is 2.33. The molecule has 0 saturated carbocycles. The molecule has 2 atom stereocenters. The van der Waals surface area contributed by atoms with Crippen LogP contribution in [0.5, 0.6) is 17.2 Å². The maximum Gasteiger partial charge on any atom is 0.238 e. The van der Waals surface area contributed by atoms with Crippen molar-refractivity contribution in [3.8, 4) is 17.2 Å². The van der Waals surface area contributed by atoms with E-state index in [2.05, 4.69) is 16.2 Å². The smallest absolute Gasteiger partial charge is 0.238 e.